The minimum atomic E-state index is -0.548. The van der Waals surface area contributed by atoms with Crippen molar-refractivity contribution in [1.29, 1.82) is 5.26 Å². The highest BCUT2D eigenvalue weighted by atomic mass is 16.5. The summed E-state index contributed by atoms with van der Waals surface area (Å²) in [6.07, 6.45) is 0.253. The molecule has 1 amide bonds. The van der Waals surface area contributed by atoms with Gasteiger partial charge in [0, 0.05) is 13.6 Å². The number of methoxy groups -OCH3 is 1. The molecule has 0 aliphatic carbocycles. The molecular formula is C13H14N2O3. The molecule has 0 fully saturated rings. The van der Waals surface area contributed by atoms with Crippen LogP contribution in [0.5, 0.6) is 0 Å². The predicted octanol–water partition coefficient (Wildman–Crippen LogP) is 1.46. The number of rotatable bonds is 4. The van der Waals surface area contributed by atoms with Crippen LogP contribution in [0.2, 0.25) is 0 Å². The molecule has 1 aromatic carbocycles. The van der Waals surface area contributed by atoms with Crippen LogP contribution in [0.15, 0.2) is 24.3 Å². The summed E-state index contributed by atoms with van der Waals surface area (Å²) >= 11 is 0. The van der Waals surface area contributed by atoms with Crippen molar-refractivity contribution in [2.75, 3.05) is 20.7 Å². The monoisotopic (exact) mass is 246 g/mol. The predicted molar refractivity (Wildman–Crippen MR) is 65.0 cm³/mol. The summed E-state index contributed by atoms with van der Waals surface area (Å²) in [5.41, 5.74) is 0.513. The summed E-state index contributed by atoms with van der Waals surface area (Å²) in [4.78, 5) is 25.0. The van der Waals surface area contributed by atoms with Gasteiger partial charge in [-0.3, -0.25) is 4.79 Å². The number of amides is 1. The molecule has 1 aromatic rings. The summed E-state index contributed by atoms with van der Waals surface area (Å²) in [5.74, 6) is -0.848. The first-order valence-corrected chi connectivity index (χ1v) is 5.41. The van der Waals surface area contributed by atoms with Gasteiger partial charge in [0.25, 0.3) is 5.91 Å². The van der Waals surface area contributed by atoms with Gasteiger partial charge in [-0.05, 0) is 12.1 Å². The summed E-state index contributed by atoms with van der Waals surface area (Å²) in [6, 6.07) is 8.42. The number of hydrogen-bond acceptors (Lipinski definition) is 4. The molecule has 94 valence electrons. The van der Waals surface area contributed by atoms with Crippen LogP contribution in [-0.4, -0.2) is 37.5 Å². The number of nitriles is 1. The minimum absolute atomic E-state index is 0.230. The maximum atomic E-state index is 12.1. The quantitative estimate of drug-likeness (QED) is 0.754. The van der Waals surface area contributed by atoms with Crippen molar-refractivity contribution in [3.63, 3.8) is 0 Å². The lowest BCUT2D eigenvalue weighted by atomic mass is 10.1. The SMILES string of the molecule is COC(=O)c1ccccc1C(=O)N(C)CCC#N. The number of hydrogen-bond donors (Lipinski definition) is 0. The molecule has 0 unspecified atom stereocenters. The lowest BCUT2D eigenvalue weighted by Crippen LogP contribution is -2.29. The van der Waals surface area contributed by atoms with Crippen molar-refractivity contribution in [2.45, 2.75) is 6.42 Å². The van der Waals surface area contributed by atoms with Crippen molar-refractivity contribution < 1.29 is 14.3 Å². The zero-order chi connectivity index (χ0) is 13.5. The van der Waals surface area contributed by atoms with Crippen molar-refractivity contribution in [3.05, 3.63) is 35.4 Å². The third kappa shape index (κ3) is 3.08. The highest BCUT2D eigenvalue weighted by Crippen LogP contribution is 2.12. The lowest BCUT2D eigenvalue weighted by Gasteiger charge is -2.16. The zero-order valence-electron chi connectivity index (χ0n) is 10.3. The van der Waals surface area contributed by atoms with Crippen LogP contribution in [0.25, 0.3) is 0 Å². The molecule has 0 radical (unpaired) electrons. The first-order chi connectivity index (χ1) is 8.61. The second kappa shape index (κ2) is 6.40. The molecule has 0 saturated heterocycles. The average molecular weight is 246 g/mol. The summed E-state index contributed by atoms with van der Waals surface area (Å²) in [6.45, 7) is 0.324. The van der Waals surface area contributed by atoms with Crippen LogP contribution in [0.3, 0.4) is 0 Å². The largest absolute Gasteiger partial charge is 0.465 e. The number of ether oxygens (including phenoxy) is 1. The summed E-state index contributed by atoms with van der Waals surface area (Å²) in [7, 11) is 2.86. The van der Waals surface area contributed by atoms with Gasteiger partial charge in [-0.15, -0.1) is 0 Å². The van der Waals surface area contributed by atoms with E-state index in [-0.39, 0.29) is 23.5 Å². The second-order valence-corrected chi connectivity index (χ2v) is 3.67. The van der Waals surface area contributed by atoms with Crippen molar-refractivity contribution in [1.82, 2.24) is 4.90 Å². The van der Waals surface area contributed by atoms with E-state index in [9.17, 15) is 9.59 Å². The Hall–Kier alpha value is -2.35. The van der Waals surface area contributed by atoms with Crippen molar-refractivity contribution >= 4 is 11.9 Å². The third-order valence-corrected chi connectivity index (χ3v) is 2.47. The molecule has 0 aromatic heterocycles. The molecule has 0 atom stereocenters. The molecule has 5 heteroatoms. The Morgan fingerprint density at radius 2 is 1.94 bits per heavy atom. The van der Waals surface area contributed by atoms with E-state index in [4.69, 9.17) is 5.26 Å². The number of nitrogens with zero attached hydrogens (tertiary/aromatic N) is 2. The average Bonchev–Trinajstić information content (AvgIpc) is 2.43. The van der Waals surface area contributed by atoms with Crippen LogP contribution in [-0.2, 0) is 4.74 Å². The normalized spacial score (nSPS) is 9.39. The second-order valence-electron chi connectivity index (χ2n) is 3.67. The first-order valence-electron chi connectivity index (χ1n) is 5.41. The first kappa shape index (κ1) is 13.7. The van der Waals surface area contributed by atoms with Gasteiger partial charge in [-0.2, -0.15) is 5.26 Å². The van der Waals surface area contributed by atoms with E-state index in [1.165, 1.54) is 18.1 Å². The fourth-order valence-corrected chi connectivity index (χ4v) is 1.48. The van der Waals surface area contributed by atoms with Gasteiger partial charge in [-0.1, -0.05) is 12.1 Å². The van der Waals surface area contributed by atoms with Crippen LogP contribution in [0.1, 0.15) is 27.1 Å². The van der Waals surface area contributed by atoms with Gasteiger partial charge in [-0.25, -0.2) is 4.79 Å². The van der Waals surface area contributed by atoms with E-state index in [0.717, 1.165) is 0 Å². The minimum Gasteiger partial charge on any atom is -0.465 e. The van der Waals surface area contributed by atoms with Gasteiger partial charge < -0.3 is 9.64 Å². The smallest absolute Gasteiger partial charge is 0.338 e. The maximum absolute atomic E-state index is 12.1. The molecule has 0 heterocycles. The molecular weight excluding hydrogens is 232 g/mol. The topological polar surface area (TPSA) is 70.4 Å². The summed E-state index contributed by atoms with van der Waals surface area (Å²) < 4.78 is 4.63. The molecule has 18 heavy (non-hydrogen) atoms. The van der Waals surface area contributed by atoms with Crippen LogP contribution >= 0.6 is 0 Å². The number of benzene rings is 1. The zero-order valence-corrected chi connectivity index (χ0v) is 10.3. The number of carbonyl (C=O) groups excluding carboxylic acids is 2. The van der Waals surface area contributed by atoms with Gasteiger partial charge in [0.05, 0.1) is 30.7 Å². The molecule has 0 saturated carbocycles. The van der Waals surface area contributed by atoms with Gasteiger partial charge in [0.15, 0.2) is 0 Å². The van der Waals surface area contributed by atoms with Gasteiger partial charge in [0.2, 0.25) is 0 Å². The van der Waals surface area contributed by atoms with Crippen molar-refractivity contribution in [2.24, 2.45) is 0 Å². The molecule has 0 bridgehead atoms. The maximum Gasteiger partial charge on any atom is 0.338 e. The number of carbonyl (C=O) groups is 2. The van der Waals surface area contributed by atoms with E-state index >= 15 is 0 Å². The van der Waals surface area contributed by atoms with E-state index in [2.05, 4.69) is 4.74 Å². The molecule has 1 rings (SSSR count). The molecule has 0 aliphatic rings. The summed E-state index contributed by atoms with van der Waals surface area (Å²) in [5, 5.41) is 8.49. The molecule has 0 spiro atoms. The van der Waals surface area contributed by atoms with Crippen LogP contribution in [0, 0.1) is 11.3 Å². The highest BCUT2D eigenvalue weighted by molar-refractivity contribution is 6.05. The Morgan fingerprint density at radius 3 is 2.50 bits per heavy atom. The Bertz CT molecular complexity index is 491. The van der Waals surface area contributed by atoms with Crippen molar-refractivity contribution in [3.8, 4) is 6.07 Å². The third-order valence-electron chi connectivity index (χ3n) is 2.47. The van der Waals surface area contributed by atoms with E-state index < -0.39 is 5.97 Å². The number of esters is 1. The van der Waals surface area contributed by atoms with E-state index in [0.29, 0.717) is 6.54 Å². The van der Waals surface area contributed by atoms with Gasteiger partial charge >= 0.3 is 5.97 Å². The Balaban J connectivity index is 2.99. The lowest BCUT2D eigenvalue weighted by molar-refractivity contribution is 0.0592. The van der Waals surface area contributed by atoms with Crippen LogP contribution in [0.4, 0.5) is 0 Å². The Kier molecular flexibility index (Phi) is 4.88. The van der Waals surface area contributed by atoms with E-state index in [1.807, 2.05) is 6.07 Å². The Morgan fingerprint density at radius 1 is 1.33 bits per heavy atom. The highest BCUT2D eigenvalue weighted by Gasteiger charge is 2.19. The van der Waals surface area contributed by atoms with Crippen LogP contribution < -0.4 is 0 Å². The van der Waals surface area contributed by atoms with Gasteiger partial charge in [0.1, 0.15) is 0 Å². The molecule has 5 nitrogen and oxygen atoms in total. The molecule has 0 aliphatic heterocycles. The fourth-order valence-electron chi connectivity index (χ4n) is 1.48. The van der Waals surface area contributed by atoms with E-state index in [1.54, 1.807) is 25.2 Å². The molecule has 0 N–H and O–H groups in total. The fraction of sp³-hybridized carbons (Fsp3) is 0.308. The standard InChI is InChI=1S/C13H14N2O3/c1-15(9-5-8-14)12(16)10-6-3-4-7-11(10)13(17)18-2/h3-4,6-7H,5,9H2,1-2H3. The Labute approximate surface area is 106 Å².